The number of aryl methyl sites for hydroxylation is 2. The van der Waals surface area contributed by atoms with Crippen LogP contribution in [0.2, 0.25) is 0 Å². The number of rotatable bonds is 14. The van der Waals surface area contributed by atoms with Crippen molar-refractivity contribution in [2.75, 3.05) is 0 Å². The summed E-state index contributed by atoms with van der Waals surface area (Å²) in [6.07, 6.45) is 9.78. The Morgan fingerprint density at radius 1 is 0.512 bits per heavy atom. The molecule has 0 radical (unpaired) electrons. The highest BCUT2D eigenvalue weighted by Crippen LogP contribution is 2.58. The van der Waals surface area contributed by atoms with Crippen LogP contribution in [-0.4, -0.2) is 5.71 Å². The molecule has 0 N–H and O–H groups in total. The van der Waals surface area contributed by atoms with Crippen molar-refractivity contribution in [1.29, 1.82) is 0 Å². The molecule has 0 bridgehead atoms. The predicted molar refractivity (Wildman–Crippen MR) is 348 cm³/mol. The van der Waals surface area contributed by atoms with Gasteiger partial charge in [-0.25, -0.2) is 0 Å². The number of unbranched alkanes of at least 4 members (excludes halogenated alkanes) is 1. The highest BCUT2D eigenvalue weighted by atomic mass is 14.8. The molecule has 80 heavy (non-hydrogen) atoms. The van der Waals surface area contributed by atoms with Crippen LogP contribution in [0, 0.1) is 13.8 Å². The molecule has 0 heterocycles. The normalized spacial score (nSPS) is 17.7. The van der Waals surface area contributed by atoms with Gasteiger partial charge in [-0.1, -0.05) is 258 Å². The second kappa shape index (κ2) is 25.7. The van der Waals surface area contributed by atoms with Crippen LogP contribution in [0.4, 0.5) is 0 Å². The summed E-state index contributed by atoms with van der Waals surface area (Å²) in [6, 6.07) is 71.8. The maximum absolute atomic E-state index is 5.25. The second-order valence-corrected chi connectivity index (χ2v) is 23.0. The first-order valence-corrected chi connectivity index (χ1v) is 29.8. The molecule has 0 saturated carbocycles. The molecular weight excluding hydrogens is 963 g/mol. The van der Waals surface area contributed by atoms with E-state index in [0.29, 0.717) is 11.8 Å². The van der Waals surface area contributed by atoms with Gasteiger partial charge in [-0.2, -0.15) is 0 Å². The zero-order chi connectivity index (χ0) is 56.5. The topological polar surface area (TPSA) is 12.4 Å². The zero-order valence-electron chi connectivity index (χ0n) is 50.1. The molecule has 406 valence electrons. The average Bonchev–Trinajstić information content (AvgIpc) is 4.05. The molecule has 0 saturated heterocycles. The monoisotopic (exact) mass is 1050 g/mol. The lowest BCUT2D eigenvalue weighted by Gasteiger charge is -2.35. The molecule has 2 aliphatic rings. The van der Waals surface area contributed by atoms with Crippen LogP contribution in [0.1, 0.15) is 204 Å². The van der Waals surface area contributed by atoms with Crippen molar-refractivity contribution in [3.05, 3.63) is 295 Å². The summed E-state index contributed by atoms with van der Waals surface area (Å²) in [4.78, 5) is 5.25. The van der Waals surface area contributed by atoms with Crippen molar-refractivity contribution in [2.24, 2.45) is 4.99 Å². The molecule has 0 amide bonds. The summed E-state index contributed by atoms with van der Waals surface area (Å²) in [5.74, 6) is 0.947. The minimum absolute atomic E-state index is 0.324. The van der Waals surface area contributed by atoms with E-state index in [9.17, 15) is 0 Å². The summed E-state index contributed by atoms with van der Waals surface area (Å²) < 4.78 is 0. The Hall–Kier alpha value is -7.61. The number of aliphatic imine (C=N–C) groups is 1. The van der Waals surface area contributed by atoms with Crippen LogP contribution >= 0.6 is 0 Å². The van der Waals surface area contributed by atoms with E-state index in [1.807, 2.05) is 0 Å². The number of fused-ring (bicyclic) bond motifs is 4. The molecule has 8 aromatic carbocycles. The van der Waals surface area contributed by atoms with E-state index >= 15 is 0 Å². The summed E-state index contributed by atoms with van der Waals surface area (Å²) in [5, 5.41) is 0. The maximum atomic E-state index is 5.25. The van der Waals surface area contributed by atoms with Gasteiger partial charge in [-0.05, 0) is 199 Å². The molecule has 1 nitrogen and oxygen atoms in total. The van der Waals surface area contributed by atoms with Crippen LogP contribution in [0.15, 0.2) is 222 Å². The van der Waals surface area contributed by atoms with Gasteiger partial charge in [-0.3, -0.25) is 4.99 Å². The van der Waals surface area contributed by atoms with Gasteiger partial charge in [0.15, 0.2) is 0 Å². The number of hydrogen-bond acceptors (Lipinski definition) is 1. The van der Waals surface area contributed by atoms with Gasteiger partial charge in [0.25, 0.3) is 0 Å². The highest BCUT2D eigenvalue weighted by molar-refractivity contribution is 6.02. The number of nitrogens with zero attached hydrogens (tertiary/aromatic N) is 1. The Balaban J connectivity index is 0.000000209. The van der Waals surface area contributed by atoms with E-state index in [1.54, 1.807) is 0 Å². The Morgan fingerprint density at radius 2 is 1.10 bits per heavy atom. The maximum Gasteiger partial charge on any atom is 0.0716 e. The fourth-order valence-corrected chi connectivity index (χ4v) is 13.2. The molecular formula is C79H85N. The minimum Gasteiger partial charge on any atom is -0.253 e. The highest BCUT2D eigenvalue weighted by Gasteiger charge is 2.47. The molecule has 3 atom stereocenters. The Morgan fingerprint density at radius 3 is 1.77 bits per heavy atom. The predicted octanol–water partition coefficient (Wildman–Crippen LogP) is 22.3. The van der Waals surface area contributed by atoms with Gasteiger partial charge in [0.2, 0.25) is 0 Å². The van der Waals surface area contributed by atoms with E-state index in [4.69, 9.17) is 4.99 Å². The first-order chi connectivity index (χ1) is 38.8. The lowest BCUT2D eigenvalue weighted by molar-refractivity contribution is 0.684. The van der Waals surface area contributed by atoms with Gasteiger partial charge in [0.1, 0.15) is 0 Å². The lowest BCUT2D eigenvalue weighted by atomic mass is 9.66. The summed E-state index contributed by atoms with van der Waals surface area (Å²) >= 11 is 0. The van der Waals surface area contributed by atoms with Crippen molar-refractivity contribution in [3.8, 4) is 11.1 Å². The Kier molecular flexibility index (Phi) is 18.3. The third-order valence-electron chi connectivity index (χ3n) is 17.6. The third kappa shape index (κ3) is 11.4. The minimum atomic E-state index is -0.324. The number of allylic oxidation sites excluding steroid dienone is 6. The molecule has 10 rings (SSSR count). The lowest BCUT2D eigenvalue weighted by Crippen LogP contribution is -2.29. The van der Waals surface area contributed by atoms with E-state index in [-0.39, 0.29) is 5.41 Å². The van der Waals surface area contributed by atoms with E-state index < -0.39 is 0 Å². The summed E-state index contributed by atoms with van der Waals surface area (Å²) in [7, 11) is 0. The summed E-state index contributed by atoms with van der Waals surface area (Å²) in [5.41, 5.74) is 32.1. The van der Waals surface area contributed by atoms with Crippen molar-refractivity contribution in [3.63, 3.8) is 0 Å². The van der Waals surface area contributed by atoms with Gasteiger partial charge in [0.05, 0.1) is 11.1 Å². The van der Waals surface area contributed by atoms with Gasteiger partial charge in [0, 0.05) is 11.3 Å². The van der Waals surface area contributed by atoms with Crippen LogP contribution in [0.5, 0.6) is 0 Å². The fourth-order valence-electron chi connectivity index (χ4n) is 13.2. The number of hydrogen-bond donors (Lipinski definition) is 0. The SMILES string of the molecule is CCC(C)=C(C)c1cccc2c1-c1ccccc1C2(c1ccccc1)c1ccccc1C.CCC/C=C(/N=C(C)c1ccccc1)c1ccc(C)c(/C(=C(/C)CCC)c2ccccc2C2=C(C)CC(C)c3ccccc3C(C)C2)c1. The largest absolute Gasteiger partial charge is 0.253 e. The molecule has 0 aliphatic heterocycles. The molecule has 0 spiro atoms. The van der Waals surface area contributed by atoms with Crippen LogP contribution in [0.25, 0.3) is 33.5 Å². The second-order valence-electron chi connectivity index (χ2n) is 23.0. The quantitative estimate of drug-likeness (QED) is 0.0963. The first kappa shape index (κ1) is 57.1. The Labute approximate surface area is 481 Å². The van der Waals surface area contributed by atoms with E-state index in [2.05, 4.69) is 283 Å². The molecule has 1 heteroatoms. The van der Waals surface area contributed by atoms with Crippen LogP contribution < -0.4 is 0 Å². The van der Waals surface area contributed by atoms with Gasteiger partial charge in [-0.15, -0.1) is 0 Å². The van der Waals surface area contributed by atoms with E-state index in [1.165, 1.54) is 117 Å². The average molecular weight is 1050 g/mol. The van der Waals surface area contributed by atoms with Crippen molar-refractivity contribution >= 4 is 28.1 Å². The van der Waals surface area contributed by atoms with Crippen molar-refractivity contribution in [2.45, 2.75) is 145 Å². The van der Waals surface area contributed by atoms with Crippen LogP contribution in [0.3, 0.4) is 0 Å². The van der Waals surface area contributed by atoms with Gasteiger partial charge < -0.3 is 0 Å². The zero-order valence-corrected chi connectivity index (χ0v) is 50.1. The molecule has 2 aliphatic carbocycles. The Bertz CT molecular complexity index is 3650. The fraction of sp³-hybridized carbons (Fsp3) is 0.278. The molecule has 8 aromatic rings. The van der Waals surface area contributed by atoms with Gasteiger partial charge >= 0.3 is 0 Å². The van der Waals surface area contributed by atoms with Crippen molar-refractivity contribution in [1.82, 2.24) is 0 Å². The first-order valence-electron chi connectivity index (χ1n) is 29.8. The third-order valence-corrected chi connectivity index (χ3v) is 17.6. The molecule has 0 fully saturated rings. The number of benzene rings is 8. The molecule has 3 unspecified atom stereocenters. The van der Waals surface area contributed by atoms with E-state index in [0.717, 1.165) is 61.9 Å². The smallest absolute Gasteiger partial charge is 0.0716 e. The molecule has 0 aromatic heterocycles. The standard InChI is InChI=1S/C47H55N.C32H30/c1-9-11-26-46(48-37(8)38-20-13-12-14-21-38)39-28-27-32(3)45(31-39)47(33(4)19-10-2)43-25-18-17-24-42(43)44-30-36(7)41-23-16-15-22-40(41)34(5)29-35(44)6;1-5-22(2)24(4)26-18-13-21-30-31(26)27-17-10-12-20-29(27)32(30,25-15-7-6-8-16-25)28-19-11-9-14-23(28)3/h12-18,20-28,31,34,36H,9-11,19,29-30H2,1-8H3;6-21H,5H2,1-4H3/b44-35?,46-26+,47-33-,48-37?;. The van der Waals surface area contributed by atoms with Crippen LogP contribution in [-0.2, 0) is 5.41 Å². The van der Waals surface area contributed by atoms with Crippen molar-refractivity contribution < 1.29 is 0 Å². The summed E-state index contributed by atoms with van der Waals surface area (Å²) in [6.45, 7) is 27.5.